The Labute approximate surface area is 153 Å². The summed E-state index contributed by atoms with van der Waals surface area (Å²) in [7, 11) is -3.73. The molecular weight excluding hydrogens is 380 g/mol. The standard InChI is InChI=1S/C16H15F2N5O3S/c1-9(24)20-13-7-11-10(8-19-13)15(27(3,25)26)22-23(11)14-6-4-5-12(21-14)16(2,17)18/h4-8H,1-3H3,(H,19,20,24). The molecule has 1 amide bonds. The number of hydrogen-bond donors (Lipinski definition) is 1. The zero-order chi connectivity index (χ0) is 20.0. The number of fused-ring (bicyclic) bond motifs is 1. The van der Waals surface area contributed by atoms with Gasteiger partial charge in [-0.2, -0.15) is 13.9 Å². The Morgan fingerprint density at radius 1 is 1.30 bits per heavy atom. The topological polar surface area (TPSA) is 107 Å². The minimum atomic E-state index is -3.73. The fraction of sp³-hybridized carbons (Fsp3) is 0.250. The van der Waals surface area contributed by atoms with E-state index >= 15 is 0 Å². The van der Waals surface area contributed by atoms with Crippen LogP contribution in [0.3, 0.4) is 0 Å². The summed E-state index contributed by atoms with van der Waals surface area (Å²) in [4.78, 5) is 19.2. The maximum atomic E-state index is 13.6. The van der Waals surface area contributed by atoms with E-state index in [1.165, 1.54) is 31.3 Å². The van der Waals surface area contributed by atoms with Crippen molar-refractivity contribution in [3.63, 3.8) is 0 Å². The zero-order valence-corrected chi connectivity index (χ0v) is 15.4. The molecule has 0 unspecified atom stereocenters. The molecule has 0 atom stereocenters. The Kier molecular flexibility index (Phi) is 4.42. The maximum Gasteiger partial charge on any atom is 0.287 e. The number of carbonyl (C=O) groups is 1. The summed E-state index contributed by atoms with van der Waals surface area (Å²) in [5, 5.41) is 6.43. The van der Waals surface area contributed by atoms with Crippen molar-refractivity contribution in [3.8, 4) is 5.82 Å². The highest BCUT2D eigenvalue weighted by atomic mass is 32.2. The highest BCUT2D eigenvalue weighted by Crippen LogP contribution is 2.29. The summed E-state index contributed by atoms with van der Waals surface area (Å²) in [5.41, 5.74) is -0.237. The lowest BCUT2D eigenvalue weighted by Crippen LogP contribution is -2.12. The SMILES string of the molecule is CC(=O)Nc1cc2c(cn1)c(S(C)(=O)=O)nn2-c1cccc(C(C)(F)F)n1. The number of halogens is 2. The molecule has 3 aromatic heterocycles. The second-order valence-corrected chi connectivity index (χ2v) is 7.96. The molecule has 11 heteroatoms. The Bertz CT molecular complexity index is 1150. The first kappa shape index (κ1) is 18.8. The highest BCUT2D eigenvalue weighted by molar-refractivity contribution is 7.90. The molecular formula is C16H15F2N5O3S. The van der Waals surface area contributed by atoms with Gasteiger partial charge in [0.25, 0.3) is 5.92 Å². The van der Waals surface area contributed by atoms with Gasteiger partial charge in [-0.05, 0) is 12.1 Å². The third-order valence-corrected chi connectivity index (χ3v) is 4.59. The van der Waals surface area contributed by atoms with Gasteiger partial charge in [-0.1, -0.05) is 6.07 Å². The van der Waals surface area contributed by atoms with Crippen LogP contribution in [0, 0.1) is 0 Å². The van der Waals surface area contributed by atoms with Gasteiger partial charge in [0, 0.05) is 32.4 Å². The van der Waals surface area contributed by atoms with E-state index in [0.717, 1.165) is 17.0 Å². The Morgan fingerprint density at radius 3 is 2.59 bits per heavy atom. The largest absolute Gasteiger partial charge is 0.311 e. The summed E-state index contributed by atoms with van der Waals surface area (Å²) in [6, 6.07) is 5.36. The molecule has 0 bridgehead atoms. The van der Waals surface area contributed by atoms with Crippen LogP contribution in [0.4, 0.5) is 14.6 Å². The van der Waals surface area contributed by atoms with Crippen LogP contribution >= 0.6 is 0 Å². The van der Waals surface area contributed by atoms with Gasteiger partial charge in [-0.25, -0.2) is 23.1 Å². The number of hydrogen-bond acceptors (Lipinski definition) is 6. The van der Waals surface area contributed by atoms with Crippen LogP contribution < -0.4 is 5.32 Å². The summed E-state index contributed by atoms with van der Waals surface area (Å²) in [5.74, 6) is -3.38. The number of alkyl halides is 2. The fourth-order valence-corrected chi connectivity index (χ4v) is 3.25. The van der Waals surface area contributed by atoms with E-state index in [1.54, 1.807) is 0 Å². The van der Waals surface area contributed by atoms with Crippen LogP contribution in [0.2, 0.25) is 0 Å². The number of nitrogens with one attached hydrogen (secondary N) is 1. The lowest BCUT2D eigenvalue weighted by molar-refractivity contribution is -0.114. The molecule has 27 heavy (non-hydrogen) atoms. The predicted molar refractivity (Wildman–Crippen MR) is 93.6 cm³/mol. The van der Waals surface area contributed by atoms with Crippen molar-refractivity contribution in [2.75, 3.05) is 11.6 Å². The van der Waals surface area contributed by atoms with E-state index in [-0.39, 0.29) is 33.5 Å². The number of rotatable bonds is 4. The molecule has 3 rings (SSSR count). The van der Waals surface area contributed by atoms with Crippen molar-refractivity contribution in [1.82, 2.24) is 19.7 Å². The van der Waals surface area contributed by atoms with Crippen LogP contribution in [0.1, 0.15) is 19.5 Å². The molecule has 142 valence electrons. The van der Waals surface area contributed by atoms with Crippen LogP contribution in [0.15, 0.2) is 35.5 Å². The van der Waals surface area contributed by atoms with Crippen LogP contribution in [0.25, 0.3) is 16.7 Å². The summed E-state index contributed by atoms with van der Waals surface area (Å²) >= 11 is 0. The van der Waals surface area contributed by atoms with Gasteiger partial charge in [0.1, 0.15) is 11.5 Å². The van der Waals surface area contributed by atoms with Crippen molar-refractivity contribution in [2.24, 2.45) is 0 Å². The summed E-state index contributed by atoms with van der Waals surface area (Å²) in [6.45, 7) is 2.00. The van der Waals surface area contributed by atoms with Crippen LogP contribution in [-0.4, -0.2) is 40.3 Å². The minimum Gasteiger partial charge on any atom is -0.311 e. The van der Waals surface area contributed by atoms with Crippen molar-refractivity contribution < 1.29 is 22.0 Å². The monoisotopic (exact) mass is 395 g/mol. The molecule has 0 saturated heterocycles. The maximum absolute atomic E-state index is 13.6. The number of aromatic nitrogens is 4. The number of anilines is 1. The molecule has 0 aliphatic heterocycles. The molecule has 0 fully saturated rings. The third-order valence-electron chi connectivity index (χ3n) is 3.59. The van der Waals surface area contributed by atoms with E-state index < -0.39 is 21.5 Å². The lowest BCUT2D eigenvalue weighted by atomic mass is 10.2. The average molecular weight is 395 g/mol. The first-order valence-corrected chi connectivity index (χ1v) is 9.58. The van der Waals surface area contributed by atoms with Gasteiger partial charge >= 0.3 is 0 Å². The summed E-state index contributed by atoms with van der Waals surface area (Å²) < 4.78 is 52.5. The van der Waals surface area contributed by atoms with Crippen molar-refractivity contribution in [1.29, 1.82) is 0 Å². The highest BCUT2D eigenvalue weighted by Gasteiger charge is 2.27. The first-order chi connectivity index (χ1) is 12.5. The second kappa shape index (κ2) is 6.34. The van der Waals surface area contributed by atoms with E-state index in [1.807, 2.05) is 0 Å². The van der Waals surface area contributed by atoms with Gasteiger partial charge in [0.05, 0.1) is 10.9 Å². The molecule has 3 aromatic rings. The summed E-state index contributed by atoms with van der Waals surface area (Å²) in [6.07, 6.45) is 2.23. The third kappa shape index (κ3) is 3.77. The number of nitrogens with zero attached hydrogens (tertiary/aromatic N) is 4. The fourth-order valence-electron chi connectivity index (χ4n) is 2.47. The van der Waals surface area contributed by atoms with Crippen molar-refractivity contribution >= 4 is 32.5 Å². The van der Waals surface area contributed by atoms with Crippen molar-refractivity contribution in [3.05, 3.63) is 36.2 Å². The molecule has 0 spiro atoms. The van der Waals surface area contributed by atoms with E-state index in [0.29, 0.717) is 6.92 Å². The Balaban J connectivity index is 2.30. The number of pyridine rings is 2. The second-order valence-electron chi connectivity index (χ2n) is 6.03. The number of sulfone groups is 1. The quantitative estimate of drug-likeness (QED) is 0.726. The zero-order valence-electron chi connectivity index (χ0n) is 14.6. The first-order valence-electron chi connectivity index (χ1n) is 7.69. The minimum absolute atomic E-state index is 0.00824. The van der Waals surface area contributed by atoms with E-state index in [9.17, 15) is 22.0 Å². The van der Waals surface area contributed by atoms with Gasteiger partial charge in [0.15, 0.2) is 20.7 Å². The molecule has 0 radical (unpaired) electrons. The normalized spacial score (nSPS) is 12.3. The van der Waals surface area contributed by atoms with Gasteiger partial charge in [-0.3, -0.25) is 4.79 Å². The average Bonchev–Trinajstić information content (AvgIpc) is 2.92. The van der Waals surface area contributed by atoms with Crippen LogP contribution in [0.5, 0.6) is 0 Å². The van der Waals surface area contributed by atoms with Crippen molar-refractivity contribution in [2.45, 2.75) is 24.8 Å². The smallest absolute Gasteiger partial charge is 0.287 e. The molecule has 3 heterocycles. The molecule has 1 N–H and O–H groups in total. The van der Waals surface area contributed by atoms with Gasteiger partial charge in [-0.15, -0.1) is 0 Å². The number of carbonyl (C=O) groups excluding carboxylic acids is 1. The lowest BCUT2D eigenvalue weighted by Gasteiger charge is -2.11. The molecule has 0 aliphatic carbocycles. The molecule has 0 aliphatic rings. The molecule has 0 aromatic carbocycles. The Morgan fingerprint density at radius 2 is 2.00 bits per heavy atom. The van der Waals surface area contributed by atoms with E-state index in [4.69, 9.17) is 0 Å². The number of amides is 1. The van der Waals surface area contributed by atoms with Crippen LogP contribution in [-0.2, 0) is 20.6 Å². The molecule has 8 nitrogen and oxygen atoms in total. The van der Waals surface area contributed by atoms with E-state index in [2.05, 4.69) is 20.4 Å². The molecule has 0 saturated carbocycles. The van der Waals surface area contributed by atoms with Gasteiger partial charge in [0.2, 0.25) is 5.91 Å². The predicted octanol–water partition coefficient (Wildman–Crippen LogP) is 2.29. The van der Waals surface area contributed by atoms with Gasteiger partial charge < -0.3 is 5.32 Å². The Hall–Kier alpha value is -2.95.